The van der Waals surface area contributed by atoms with Crippen molar-refractivity contribution in [1.82, 2.24) is 0 Å². The number of ether oxygens (including phenoxy) is 2. The van der Waals surface area contributed by atoms with Crippen molar-refractivity contribution >= 4 is 5.78 Å². The predicted octanol–water partition coefficient (Wildman–Crippen LogP) is 4.70. The molecule has 1 aromatic rings. The van der Waals surface area contributed by atoms with Gasteiger partial charge in [0.05, 0.1) is 19.8 Å². The zero-order valence-electron chi connectivity index (χ0n) is 14.2. The fourth-order valence-corrected chi connectivity index (χ4v) is 2.26. The summed E-state index contributed by atoms with van der Waals surface area (Å²) >= 11 is 0. The molecule has 22 heavy (non-hydrogen) atoms. The maximum absolute atomic E-state index is 11.8. The molecule has 0 fully saturated rings. The summed E-state index contributed by atoms with van der Waals surface area (Å²) in [6.07, 6.45) is 5.23. The lowest BCUT2D eigenvalue weighted by Gasteiger charge is -2.17. The van der Waals surface area contributed by atoms with Crippen LogP contribution in [0, 0.1) is 0 Å². The molecule has 1 unspecified atom stereocenters. The van der Waals surface area contributed by atoms with E-state index < -0.39 is 0 Å². The average molecular weight is 304 g/mol. The first-order chi connectivity index (χ1) is 10.6. The van der Waals surface area contributed by atoms with Gasteiger partial charge in [0.2, 0.25) is 0 Å². The van der Waals surface area contributed by atoms with Crippen molar-refractivity contribution in [2.45, 2.75) is 59.2 Å². The van der Waals surface area contributed by atoms with E-state index in [1.54, 1.807) is 13.2 Å². The molecule has 0 saturated heterocycles. The highest BCUT2D eigenvalue weighted by molar-refractivity contribution is 5.90. The summed E-state index contributed by atoms with van der Waals surface area (Å²) < 4.78 is 11.1. The summed E-state index contributed by atoms with van der Waals surface area (Å²) in [7, 11) is 1.66. The van der Waals surface area contributed by atoms with Crippen LogP contribution >= 0.6 is 0 Å². The van der Waals surface area contributed by atoms with E-state index in [2.05, 4.69) is 13.8 Å². The molecule has 0 N–H and O–H groups in total. The Balaban J connectivity index is 2.55. The van der Waals surface area contributed by atoms with E-state index >= 15 is 0 Å². The number of carbonyl (C=O) groups excluding carboxylic acids is 1. The van der Waals surface area contributed by atoms with E-state index in [0.717, 1.165) is 36.1 Å². The van der Waals surface area contributed by atoms with E-state index in [0.29, 0.717) is 13.0 Å². The standard InChI is InChI=1S/C19H28O3/c1-5-7-8-17(20)13-15(3)19(6-2)22-14-16-9-11-18(21-4)12-10-16/h9-13,19H,5-8,14H2,1-4H3/b15-13+. The van der Waals surface area contributed by atoms with Crippen LogP contribution in [-0.2, 0) is 16.1 Å². The van der Waals surface area contributed by atoms with Crippen LogP contribution in [0.25, 0.3) is 0 Å². The first kappa shape index (κ1) is 18.4. The summed E-state index contributed by atoms with van der Waals surface area (Å²) in [5.41, 5.74) is 2.11. The largest absolute Gasteiger partial charge is 0.497 e. The molecule has 3 nitrogen and oxygen atoms in total. The second-order valence-corrected chi connectivity index (χ2v) is 5.51. The number of rotatable bonds is 10. The van der Waals surface area contributed by atoms with Crippen molar-refractivity contribution < 1.29 is 14.3 Å². The minimum absolute atomic E-state index is 0.00678. The van der Waals surface area contributed by atoms with Crippen LogP contribution in [0.15, 0.2) is 35.9 Å². The minimum Gasteiger partial charge on any atom is -0.497 e. The quantitative estimate of drug-likeness (QED) is 0.588. The molecule has 0 heterocycles. The summed E-state index contributed by atoms with van der Waals surface area (Å²) in [6.45, 7) is 6.69. The molecule has 3 heteroatoms. The number of benzene rings is 1. The smallest absolute Gasteiger partial charge is 0.155 e. The number of hydrogen-bond acceptors (Lipinski definition) is 3. The Hall–Kier alpha value is -1.61. The highest BCUT2D eigenvalue weighted by atomic mass is 16.5. The van der Waals surface area contributed by atoms with Gasteiger partial charge in [-0.1, -0.05) is 32.4 Å². The Morgan fingerprint density at radius 3 is 2.45 bits per heavy atom. The van der Waals surface area contributed by atoms with Crippen molar-refractivity contribution in [3.8, 4) is 5.75 Å². The van der Waals surface area contributed by atoms with Crippen molar-refractivity contribution in [3.05, 3.63) is 41.5 Å². The minimum atomic E-state index is -0.00678. The number of carbonyl (C=O) groups is 1. The molecule has 0 saturated carbocycles. The first-order valence-electron chi connectivity index (χ1n) is 8.06. The Labute approximate surface area is 134 Å². The SMILES string of the molecule is CCCCC(=O)/C=C(\C)C(CC)OCc1ccc(OC)cc1. The zero-order chi connectivity index (χ0) is 16.4. The fourth-order valence-electron chi connectivity index (χ4n) is 2.26. The molecule has 0 bridgehead atoms. The van der Waals surface area contributed by atoms with Gasteiger partial charge in [0, 0.05) is 6.42 Å². The van der Waals surface area contributed by atoms with Gasteiger partial charge in [-0.15, -0.1) is 0 Å². The Bertz CT molecular complexity index is 474. The van der Waals surface area contributed by atoms with Crippen LogP contribution < -0.4 is 4.74 Å². The van der Waals surface area contributed by atoms with Crippen LogP contribution in [0.2, 0.25) is 0 Å². The Morgan fingerprint density at radius 2 is 1.91 bits per heavy atom. The van der Waals surface area contributed by atoms with Crippen molar-refractivity contribution in [3.63, 3.8) is 0 Å². The molecule has 0 aromatic heterocycles. The molecular weight excluding hydrogens is 276 g/mol. The van der Waals surface area contributed by atoms with Gasteiger partial charge in [-0.2, -0.15) is 0 Å². The topological polar surface area (TPSA) is 35.5 Å². The second-order valence-electron chi connectivity index (χ2n) is 5.51. The zero-order valence-corrected chi connectivity index (χ0v) is 14.2. The summed E-state index contributed by atoms with van der Waals surface area (Å²) in [4.78, 5) is 11.8. The highest BCUT2D eigenvalue weighted by Crippen LogP contribution is 2.16. The summed E-state index contributed by atoms with van der Waals surface area (Å²) in [5, 5.41) is 0. The van der Waals surface area contributed by atoms with Crippen LogP contribution in [0.4, 0.5) is 0 Å². The number of allylic oxidation sites excluding steroid dienone is 1. The average Bonchev–Trinajstić information content (AvgIpc) is 2.54. The van der Waals surface area contributed by atoms with E-state index in [1.165, 1.54) is 0 Å². The Kier molecular flexibility index (Phi) is 8.53. The van der Waals surface area contributed by atoms with Crippen molar-refractivity contribution in [2.75, 3.05) is 7.11 Å². The van der Waals surface area contributed by atoms with Crippen LogP contribution in [0.5, 0.6) is 5.75 Å². The van der Waals surface area contributed by atoms with E-state index in [4.69, 9.17) is 9.47 Å². The molecule has 1 aromatic carbocycles. The van der Waals surface area contributed by atoms with Gasteiger partial charge < -0.3 is 9.47 Å². The number of unbranched alkanes of at least 4 members (excludes halogenated alkanes) is 1. The van der Waals surface area contributed by atoms with E-state index in [1.807, 2.05) is 31.2 Å². The third-order valence-electron chi connectivity index (χ3n) is 3.65. The molecule has 0 spiro atoms. The van der Waals surface area contributed by atoms with Crippen LogP contribution in [0.3, 0.4) is 0 Å². The molecule has 0 amide bonds. The third kappa shape index (κ3) is 6.44. The molecular formula is C19H28O3. The second kappa shape index (κ2) is 10.2. The summed E-state index contributed by atoms with van der Waals surface area (Å²) in [6, 6.07) is 7.85. The summed E-state index contributed by atoms with van der Waals surface area (Å²) in [5.74, 6) is 1.04. The van der Waals surface area contributed by atoms with Gasteiger partial charge >= 0.3 is 0 Å². The molecule has 0 radical (unpaired) electrons. The Morgan fingerprint density at radius 1 is 1.23 bits per heavy atom. The van der Waals surface area contributed by atoms with E-state index in [-0.39, 0.29) is 11.9 Å². The molecule has 0 aliphatic carbocycles. The van der Waals surface area contributed by atoms with Crippen molar-refractivity contribution in [1.29, 1.82) is 0 Å². The maximum atomic E-state index is 11.8. The normalized spacial score (nSPS) is 13.0. The maximum Gasteiger partial charge on any atom is 0.155 e. The first-order valence-corrected chi connectivity index (χ1v) is 8.06. The monoisotopic (exact) mass is 304 g/mol. The van der Waals surface area contributed by atoms with Gasteiger partial charge in [0.25, 0.3) is 0 Å². The molecule has 0 aliphatic heterocycles. The van der Waals surface area contributed by atoms with E-state index in [9.17, 15) is 4.79 Å². The molecule has 1 atom stereocenters. The van der Waals surface area contributed by atoms with Gasteiger partial charge in [-0.25, -0.2) is 0 Å². The highest BCUT2D eigenvalue weighted by Gasteiger charge is 2.11. The van der Waals surface area contributed by atoms with Gasteiger partial charge in [0.15, 0.2) is 5.78 Å². The molecule has 0 aliphatic rings. The number of methoxy groups -OCH3 is 1. The van der Waals surface area contributed by atoms with Crippen LogP contribution in [-0.4, -0.2) is 19.0 Å². The lowest BCUT2D eigenvalue weighted by molar-refractivity contribution is -0.114. The predicted molar refractivity (Wildman–Crippen MR) is 90.2 cm³/mol. The number of ketones is 1. The van der Waals surface area contributed by atoms with Gasteiger partial charge in [-0.3, -0.25) is 4.79 Å². The van der Waals surface area contributed by atoms with Crippen LogP contribution in [0.1, 0.15) is 52.0 Å². The molecule has 1 rings (SSSR count). The molecule has 122 valence electrons. The number of hydrogen-bond donors (Lipinski definition) is 0. The lowest BCUT2D eigenvalue weighted by Crippen LogP contribution is -2.14. The lowest BCUT2D eigenvalue weighted by atomic mass is 10.1. The van der Waals surface area contributed by atoms with Gasteiger partial charge in [0.1, 0.15) is 5.75 Å². The van der Waals surface area contributed by atoms with Gasteiger partial charge in [-0.05, 0) is 49.1 Å². The fraction of sp³-hybridized carbons (Fsp3) is 0.526. The van der Waals surface area contributed by atoms with Crippen molar-refractivity contribution in [2.24, 2.45) is 0 Å². The third-order valence-corrected chi connectivity index (χ3v) is 3.65.